The van der Waals surface area contributed by atoms with Gasteiger partial charge in [-0.3, -0.25) is 9.78 Å². The predicted molar refractivity (Wildman–Crippen MR) is 52.6 cm³/mol. The third-order valence-corrected chi connectivity index (χ3v) is 2.74. The smallest absolute Gasteiger partial charge is 0.316 e. The molecule has 1 fully saturated rings. The summed E-state index contributed by atoms with van der Waals surface area (Å²) in [6, 6.07) is 1.65. The lowest BCUT2D eigenvalue weighted by Crippen LogP contribution is -2.21. The van der Waals surface area contributed by atoms with Crippen LogP contribution in [-0.2, 0) is 14.9 Å². The van der Waals surface area contributed by atoms with E-state index in [0.29, 0.717) is 18.4 Å². The molecule has 1 aliphatic carbocycles. The van der Waals surface area contributed by atoms with Gasteiger partial charge in [-0.2, -0.15) is 0 Å². The lowest BCUT2D eigenvalue weighted by atomic mass is 9.96. The van der Waals surface area contributed by atoms with Gasteiger partial charge in [0, 0.05) is 11.8 Å². The minimum absolute atomic E-state index is 0.223. The van der Waals surface area contributed by atoms with Crippen molar-refractivity contribution < 1.29 is 9.53 Å². The van der Waals surface area contributed by atoms with Crippen molar-refractivity contribution in [3.05, 3.63) is 28.9 Å². The molecule has 0 N–H and O–H groups in total. The molecule has 0 unspecified atom stereocenters. The van der Waals surface area contributed by atoms with Crippen molar-refractivity contribution in [3.8, 4) is 0 Å². The van der Waals surface area contributed by atoms with Gasteiger partial charge in [0.15, 0.2) is 0 Å². The molecule has 0 amide bonds. The van der Waals surface area contributed by atoms with Crippen LogP contribution in [0.15, 0.2) is 23.6 Å². The molecular weight excluding hydrogens is 196 g/mol. The van der Waals surface area contributed by atoms with Gasteiger partial charge in [0.2, 0.25) is 0 Å². The Morgan fingerprint density at radius 2 is 2.33 bits per heavy atom. The fourth-order valence-electron chi connectivity index (χ4n) is 1.77. The first-order chi connectivity index (χ1) is 7.24. The molecule has 5 heteroatoms. The van der Waals surface area contributed by atoms with Gasteiger partial charge < -0.3 is 4.74 Å². The van der Waals surface area contributed by atoms with Gasteiger partial charge in [-0.1, -0.05) is 0 Å². The molecule has 2 rings (SSSR count). The molecular formula is C10H10N2O3. The van der Waals surface area contributed by atoms with E-state index in [2.05, 4.69) is 10.2 Å². The Labute approximate surface area is 86.4 Å². The first-order valence-corrected chi connectivity index (χ1v) is 4.61. The third kappa shape index (κ3) is 1.40. The topological polar surface area (TPSA) is 68.6 Å². The molecule has 15 heavy (non-hydrogen) atoms. The highest BCUT2D eigenvalue weighted by atomic mass is 16.5. The molecule has 1 heterocycles. The number of rotatable bonds is 3. The van der Waals surface area contributed by atoms with Gasteiger partial charge in [-0.05, 0) is 24.1 Å². The molecule has 5 nitrogen and oxygen atoms in total. The Balaban J connectivity index is 2.45. The second-order valence-corrected chi connectivity index (χ2v) is 3.56. The summed E-state index contributed by atoms with van der Waals surface area (Å²) in [5.74, 6) is -0.307. The van der Waals surface area contributed by atoms with E-state index in [1.165, 1.54) is 13.3 Å². The normalized spacial score (nSPS) is 16.9. The van der Waals surface area contributed by atoms with E-state index in [0.717, 1.165) is 0 Å². The zero-order valence-corrected chi connectivity index (χ0v) is 8.27. The Hall–Kier alpha value is -1.78. The maximum atomic E-state index is 11.6. The summed E-state index contributed by atoms with van der Waals surface area (Å²) in [6.45, 7) is 0. The van der Waals surface area contributed by atoms with E-state index in [1.54, 1.807) is 12.3 Å². The minimum Gasteiger partial charge on any atom is -0.468 e. The largest absolute Gasteiger partial charge is 0.468 e. The molecule has 0 aromatic carbocycles. The molecule has 1 aromatic rings. The van der Waals surface area contributed by atoms with Crippen LogP contribution in [0, 0.1) is 4.91 Å². The number of nitrogens with zero attached hydrogens (tertiary/aromatic N) is 2. The number of hydrogen-bond donors (Lipinski definition) is 0. The first kappa shape index (κ1) is 9.76. The number of pyridine rings is 1. The summed E-state index contributed by atoms with van der Waals surface area (Å²) in [6.07, 6.45) is 4.32. The molecule has 0 atom stereocenters. The van der Waals surface area contributed by atoms with E-state index >= 15 is 0 Å². The summed E-state index contributed by atoms with van der Waals surface area (Å²) in [4.78, 5) is 25.9. The summed E-state index contributed by atoms with van der Waals surface area (Å²) in [5, 5.41) is 2.87. The SMILES string of the molecule is COC(=O)C1(c2ccncc2N=O)CC1. The van der Waals surface area contributed by atoms with E-state index < -0.39 is 5.41 Å². The Kier molecular flexibility index (Phi) is 2.22. The molecule has 1 aliphatic rings. The Morgan fingerprint density at radius 3 is 2.87 bits per heavy atom. The molecule has 1 aromatic heterocycles. The first-order valence-electron chi connectivity index (χ1n) is 4.61. The average Bonchev–Trinajstić information content (AvgIpc) is 3.09. The number of carbonyl (C=O) groups is 1. The van der Waals surface area contributed by atoms with Crippen molar-refractivity contribution in [2.75, 3.05) is 7.11 Å². The molecule has 0 bridgehead atoms. The number of esters is 1. The van der Waals surface area contributed by atoms with Crippen molar-refractivity contribution >= 4 is 11.7 Å². The summed E-state index contributed by atoms with van der Waals surface area (Å²) >= 11 is 0. The van der Waals surface area contributed by atoms with E-state index in [-0.39, 0.29) is 11.7 Å². The van der Waals surface area contributed by atoms with Crippen LogP contribution >= 0.6 is 0 Å². The third-order valence-electron chi connectivity index (χ3n) is 2.74. The quantitative estimate of drug-likeness (QED) is 0.557. The van der Waals surface area contributed by atoms with Crippen LogP contribution in [0.1, 0.15) is 18.4 Å². The molecule has 0 spiro atoms. The minimum atomic E-state index is -0.652. The van der Waals surface area contributed by atoms with Crippen molar-refractivity contribution in [1.82, 2.24) is 4.98 Å². The Morgan fingerprint density at radius 1 is 1.60 bits per heavy atom. The van der Waals surface area contributed by atoms with Crippen LogP contribution in [0.5, 0.6) is 0 Å². The predicted octanol–water partition coefficient (Wildman–Crippen LogP) is 1.68. The highest BCUT2D eigenvalue weighted by Gasteiger charge is 2.54. The van der Waals surface area contributed by atoms with E-state index in [9.17, 15) is 9.70 Å². The molecule has 0 aliphatic heterocycles. The summed E-state index contributed by atoms with van der Waals surface area (Å²) in [7, 11) is 1.34. The average molecular weight is 206 g/mol. The van der Waals surface area contributed by atoms with E-state index in [1.807, 2.05) is 0 Å². The number of methoxy groups -OCH3 is 1. The van der Waals surface area contributed by atoms with E-state index in [4.69, 9.17) is 4.74 Å². The van der Waals surface area contributed by atoms with Crippen molar-refractivity contribution in [2.45, 2.75) is 18.3 Å². The number of ether oxygens (including phenoxy) is 1. The van der Waals surface area contributed by atoms with Crippen LogP contribution in [0.3, 0.4) is 0 Å². The number of nitroso groups, excluding NO2 is 1. The lowest BCUT2D eigenvalue weighted by Gasteiger charge is -2.13. The van der Waals surface area contributed by atoms with Gasteiger partial charge in [0.1, 0.15) is 5.69 Å². The van der Waals surface area contributed by atoms with Crippen LogP contribution in [0.4, 0.5) is 5.69 Å². The summed E-state index contributed by atoms with van der Waals surface area (Å²) < 4.78 is 4.73. The molecule has 0 saturated heterocycles. The van der Waals surface area contributed by atoms with Gasteiger partial charge in [0.25, 0.3) is 0 Å². The number of aromatic nitrogens is 1. The number of carbonyl (C=O) groups excluding carboxylic acids is 1. The highest BCUT2D eigenvalue weighted by Crippen LogP contribution is 2.51. The maximum Gasteiger partial charge on any atom is 0.316 e. The van der Waals surface area contributed by atoms with Gasteiger partial charge in [-0.15, -0.1) is 4.91 Å². The van der Waals surface area contributed by atoms with Crippen LogP contribution < -0.4 is 0 Å². The molecule has 78 valence electrons. The second-order valence-electron chi connectivity index (χ2n) is 3.56. The van der Waals surface area contributed by atoms with Gasteiger partial charge in [0.05, 0.1) is 18.7 Å². The van der Waals surface area contributed by atoms with Crippen LogP contribution in [0.2, 0.25) is 0 Å². The fraction of sp³-hybridized carbons (Fsp3) is 0.400. The zero-order chi connectivity index (χ0) is 10.9. The summed E-state index contributed by atoms with van der Waals surface area (Å²) in [5.41, 5.74) is 0.195. The standard InChI is InChI=1S/C10H10N2O3/c1-15-9(13)10(3-4-10)7-2-5-11-6-8(7)12-14/h2,5-6H,3-4H2,1H3. The van der Waals surface area contributed by atoms with Crippen molar-refractivity contribution in [2.24, 2.45) is 5.18 Å². The lowest BCUT2D eigenvalue weighted by molar-refractivity contribution is -0.143. The second kappa shape index (κ2) is 3.42. The van der Waals surface area contributed by atoms with Crippen LogP contribution in [-0.4, -0.2) is 18.1 Å². The van der Waals surface area contributed by atoms with Crippen LogP contribution in [0.25, 0.3) is 0 Å². The monoisotopic (exact) mass is 206 g/mol. The Bertz CT molecular complexity index is 413. The molecule has 1 saturated carbocycles. The van der Waals surface area contributed by atoms with Gasteiger partial charge in [-0.25, -0.2) is 0 Å². The fourth-order valence-corrected chi connectivity index (χ4v) is 1.77. The number of hydrogen-bond acceptors (Lipinski definition) is 5. The van der Waals surface area contributed by atoms with Crippen molar-refractivity contribution in [1.29, 1.82) is 0 Å². The van der Waals surface area contributed by atoms with Gasteiger partial charge >= 0.3 is 5.97 Å². The maximum absolute atomic E-state index is 11.6. The van der Waals surface area contributed by atoms with Crippen molar-refractivity contribution in [3.63, 3.8) is 0 Å². The molecule has 0 radical (unpaired) electrons. The highest BCUT2D eigenvalue weighted by molar-refractivity contribution is 5.88. The zero-order valence-electron chi connectivity index (χ0n) is 8.27.